The highest BCUT2D eigenvalue weighted by Gasteiger charge is 2.53. The Morgan fingerprint density at radius 1 is 0.925 bits per heavy atom. The van der Waals surface area contributed by atoms with Crippen LogP contribution in [0.15, 0.2) is 48.7 Å². The van der Waals surface area contributed by atoms with Crippen LogP contribution in [0.25, 0.3) is 33.6 Å². The van der Waals surface area contributed by atoms with Gasteiger partial charge in [-0.2, -0.15) is 0 Å². The molecule has 1 N–H and O–H groups in total. The standard InChI is InChI=1S/C41H44ClN7O4/c1-24-27(7-5-8-28(24)31-15-26-11-12-34(36(26)39(44-31)53-4)49-22-41(23-49)14-13-35(51)46-41)29-9-6-10-30(37(29)42)32-16-43-33(38(45-32)52-3)17-47-18-40(19-47)20-48(21-40)25(2)50/h5-10,15-16,34H,11-14,17-23H2,1-4H3,(H,46,51). The van der Waals surface area contributed by atoms with Crippen LogP contribution >= 0.6 is 11.6 Å². The molecule has 2 spiro atoms. The summed E-state index contributed by atoms with van der Waals surface area (Å²) in [5.74, 6) is 1.47. The molecular formula is C41H44ClN7O4. The lowest BCUT2D eigenvalue weighted by molar-refractivity contribution is -0.157. The van der Waals surface area contributed by atoms with Crippen molar-refractivity contribution < 1.29 is 19.1 Å². The quantitative estimate of drug-likeness (QED) is 0.252. The van der Waals surface area contributed by atoms with Gasteiger partial charge in [-0.1, -0.05) is 48.0 Å². The number of nitrogens with zero attached hydrogens (tertiary/aromatic N) is 6. The van der Waals surface area contributed by atoms with Crippen molar-refractivity contribution in [3.8, 4) is 45.4 Å². The first-order chi connectivity index (χ1) is 25.6. The zero-order valence-electron chi connectivity index (χ0n) is 30.7. The summed E-state index contributed by atoms with van der Waals surface area (Å²) in [6.07, 6.45) is 5.28. The van der Waals surface area contributed by atoms with Gasteiger partial charge in [0.15, 0.2) is 0 Å². The highest BCUT2D eigenvalue weighted by atomic mass is 35.5. The first kappa shape index (κ1) is 34.2. The van der Waals surface area contributed by atoms with Gasteiger partial charge in [-0.05, 0) is 48.9 Å². The smallest absolute Gasteiger partial charge is 0.237 e. The molecule has 4 aliphatic heterocycles. The molecule has 9 rings (SSSR count). The molecule has 0 saturated carbocycles. The molecule has 4 fully saturated rings. The van der Waals surface area contributed by atoms with Crippen LogP contribution in [0.3, 0.4) is 0 Å². The highest BCUT2D eigenvalue weighted by molar-refractivity contribution is 6.36. The summed E-state index contributed by atoms with van der Waals surface area (Å²) >= 11 is 7.22. The molecule has 0 bridgehead atoms. The van der Waals surface area contributed by atoms with Gasteiger partial charge in [-0.25, -0.2) is 9.97 Å². The molecule has 274 valence electrons. The molecule has 1 unspecified atom stereocenters. The molecule has 2 aromatic carbocycles. The lowest BCUT2D eigenvalue weighted by Crippen LogP contribution is -2.72. The monoisotopic (exact) mass is 733 g/mol. The minimum absolute atomic E-state index is 0.0611. The molecule has 1 atom stereocenters. The number of carbonyl (C=O) groups excluding carboxylic acids is 2. The van der Waals surface area contributed by atoms with Crippen LogP contribution in [0, 0.1) is 12.3 Å². The second kappa shape index (κ2) is 12.8. The maximum atomic E-state index is 11.9. The fraction of sp³-hybridized carbons (Fsp3) is 0.439. The zero-order valence-corrected chi connectivity index (χ0v) is 31.4. The Hall–Kier alpha value is -4.58. The van der Waals surface area contributed by atoms with Gasteiger partial charge in [0.25, 0.3) is 0 Å². The Balaban J connectivity index is 0.956. The minimum atomic E-state index is -0.0611. The fourth-order valence-corrected chi connectivity index (χ4v) is 9.88. The van der Waals surface area contributed by atoms with Crippen LogP contribution in [0.1, 0.15) is 54.6 Å². The topological polar surface area (TPSA) is 113 Å². The Kier molecular flexibility index (Phi) is 8.25. The number of likely N-dealkylation sites (tertiary alicyclic amines) is 3. The number of nitrogens with one attached hydrogen (secondary N) is 1. The number of benzene rings is 2. The molecule has 4 saturated heterocycles. The van der Waals surface area contributed by atoms with Gasteiger partial charge in [0.1, 0.15) is 5.69 Å². The van der Waals surface area contributed by atoms with Crippen LogP contribution in [-0.4, -0.2) is 100 Å². The third-order valence-corrected chi connectivity index (χ3v) is 12.6. The number of halogens is 1. The predicted octanol–water partition coefficient (Wildman–Crippen LogP) is 5.47. The number of fused-ring (bicyclic) bond motifs is 1. The van der Waals surface area contributed by atoms with Gasteiger partial charge in [0.05, 0.1) is 42.4 Å². The zero-order chi connectivity index (χ0) is 36.6. The Morgan fingerprint density at radius 2 is 1.62 bits per heavy atom. The number of pyridine rings is 1. The van der Waals surface area contributed by atoms with Gasteiger partial charge in [0, 0.05) is 92.9 Å². The number of aromatic nitrogens is 3. The van der Waals surface area contributed by atoms with Gasteiger partial charge in [-0.15, -0.1) is 0 Å². The molecule has 2 aromatic heterocycles. The van der Waals surface area contributed by atoms with Crippen molar-refractivity contribution in [3.63, 3.8) is 0 Å². The fourth-order valence-electron chi connectivity index (χ4n) is 9.56. The van der Waals surface area contributed by atoms with E-state index < -0.39 is 0 Å². The van der Waals surface area contributed by atoms with E-state index in [1.54, 1.807) is 27.3 Å². The van der Waals surface area contributed by atoms with E-state index >= 15 is 0 Å². The molecule has 2 amide bonds. The van der Waals surface area contributed by atoms with E-state index in [1.807, 2.05) is 23.1 Å². The summed E-state index contributed by atoms with van der Waals surface area (Å²) in [5, 5.41) is 3.80. The predicted molar refractivity (Wildman–Crippen MR) is 202 cm³/mol. The Morgan fingerprint density at radius 3 is 2.32 bits per heavy atom. The van der Waals surface area contributed by atoms with Crippen molar-refractivity contribution in [2.75, 3.05) is 53.5 Å². The van der Waals surface area contributed by atoms with Gasteiger partial charge < -0.3 is 19.7 Å². The van der Waals surface area contributed by atoms with Crippen molar-refractivity contribution in [2.24, 2.45) is 5.41 Å². The highest BCUT2D eigenvalue weighted by Crippen LogP contribution is 2.48. The SMILES string of the molecule is COc1nc(-c2cccc(-c3cccc(-c4cc5c(c(OC)n4)C(N4CC6(CCC(=O)N6)C4)CC5)c3C)c2Cl)cnc1CN1CC2(C1)CN(C(C)=O)C2. The molecule has 53 heavy (non-hydrogen) atoms. The van der Waals surface area contributed by atoms with E-state index in [0.29, 0.717) is 35.4 Å². The summed E-state index contributed by atoms with van der Waals surface area (Å²) in [7, 11) is 3.33. The first-order valence-electron chi connectivity index (χ1n) is 18.5. The van der Waals surface area contributed by atoms with Crippen LogP contribution in [0.4, 0.5) is 0 Å². The average Bonchev–Trinajstić information content (AvgIpc) is 3.71. The van der Waals surface area contributed by atoms with Crippen molar-refractivity contribution in [3.05, 3.63) is 76.1 Å². The van der Waals surface area contributed by atoms with E-state index in [-0.39, 0.29) is 28.8 Å². The van der Waals surface area contributed by atoms with E-state index in [4.69, 9.17) is 36.0 Å². The summed E-state index contributed by atoms with van der Waals surface area (Å²) in [5.41, 5.74) is 9.70. The van der Waals surface area contributed by atoms with Crippen LogP contribution in [0.5, 0.6) is 11.8 Å². The number of hydrogen-bond donors (Lipinski definition) is 1. The maximum Gasteiger partial charge on any atom is 0.237 e. The summed E-state index contributed by atoms with van der Waals surface area (Å²) in [6, 6.07) is 14.7. The van der Waals surface area contributed by atoms with Gasteiger partial charge >= 0.3 is 0 Å². The van der Waals surface area contributed by atoms with Gasteiger partial charge in [-0.3, -0.25) is 24.4 Å². The first-order valence-corrected chi connectivity index (χ1v) is 18.9. The molecule has 0 radical (unpaired) electrons. The maximum absolute atomic E-state index is 11.9. The summed E-state index contributed by atoms with van der Waals surface area (Å²) in [4.78, 5) is 45.0. The molecule has 12 heteroatoms. The molecule has 11 nitrogen and oxygen atoms in total. The third-order valence-electron chi connectivity index (χ3n) is 12.2. The number of methoxy groups -OCH3 is 2. The van der Waals surface area contributed by atoms with Crippen molar-refractivity contribution in [2.45, 2.75) is 57.7 Å². The normalized spacial score (nSPS) is 21.2. The summed E-state index contributed by atoms with van der Waals surface area (Å²) in [6.45, 7) is 9.67. The van der Waals surface area contributed by atoms with E-state index in [0.717, 1.165) is 97.7 Å². The Labute approximate surface area is 314 Å². The Bertz CT molecular complexity index is 2150. The number of ether oxygens (including phenoxy) is 2. The largest absolute Gasteiger partial charge is 0.481 e. The van der Waals surface area contributed by atoms with Gasteiger partial charge in [0.2, 0.25) is 23.6 Å². The molecule has 1 aliphatic carbocycles. The van der Waals surface area contributed by atoms with Crippen molar-refractivity contribution in [1.29, 1.82) is 0 Å². The third kappa shape index (κ3) is 5.75. The van der Waals surface area contributed by atoms with E-state index in [9.17, 15) is 9.59 Å². The van der Waals surface area contributed by atoms with Crippen LogP contribution in [0.2, 0.25) is 5.02 Å². The second-order valence-electron chi connectivity index (χ2n) is 15.8. The van der Waals surface area contributed by atoms with E-state index in [1.165, 1.54) is 11.1 Å². The number of hydrogen-bond acceptors (Lipinski definition) is 9. The summed E-state index contributed by atoms with van der Waals surface area (Å²) < 4.78 is 11.7. The van der Waals surface area contributed by atoms with E-state index in [2.05, 4.69) is 46.3 Å². The molecule has 6 heterocycles. The molecule has 4 aromatic rings. The van der Waals surface area contributed by atoms with Crippen LogP contribution < -0.4 is 14.8 Å². The number of carbonyl (C=O) groups is 2. The lowest BCUT2D eigenvalue weighted by atomic mass is 9.73. The van der Waals surface area contributed by atoms with Crippen molar-refractivity contribution >= 4 is 23.4 Å². The second-order valence-corrected chi connectivity index (χ2v) is 16.1. The molecular weight excluding hydrogens is 690 g/mol. The molecule has 5 aliphatic rings. The number of rotatable bonds is 8. The lowest BCUT2D eigenvalue weighted by Gasteiger charge is -2.60. The number of amides is 2. The minimum Gasteiger partial charge on any atom is -0.481 e. The number of aryl methyl sites for hydroxylation is 1. The average molecular weight is 734 g/mol. The van der Waals surface area contributed by atoms with Crippen LogP contribution in [-0.2, 0) is 22.6 Å². The van der Waals surface area contributed by atoms with Crippen molar-refractivity contribution in [1.82, 2.24) is 35.0 Å².